The first-order valence-corrected chi connectivity index (χ1v) is 5.65. The van der Waals surface area contributed by atoms with Gasteiger partial charge in [-0.1, -0.05) is 56.3 Å². The summed E-state index contributed by atoms with van der Waals surface area (Å²) in [6, 6.07) is 6.80. The van der Waals surface area contributed by atoms with Crippen LogP contribution >= 0.6 is 0 Å². The standard InChI is InChI=1S/C12H14Si/c1-12(2,3)13-11-7-6-9-4-5-10(9)8-11/h4-8H,1-3H3. The molecule has 66 valence electrons. The smallest absolute Gasteiger partial charge is 0.0631 e. The molecule has 2 radical (unpaired) electrons. The van der Waals surface area contributed by atoms with E-state index in [0.29, 0.717) is 5.04 Å². The van der Waals surface area contributed by atoms with E-state index in [1.165, 1.54) is 16.3 Å². The van der Waals surface area contributed by atoms with Crippen molar-refractivity contribution >= 4 is 26.9 Å². The molecule has 0 aromatic heterocycles. The second-order valence-corrected chi connectivity index (χ2v) is 6.88. The van der Waals surface area contributed by atoms with Gasteiger partial charge >= 0.3 is 0 Å². The molecule has 1 heteroatoms. The maximum atomic E-state index is 2.32. The summed E-state index contributed by atoms with van der Waals surface area (Å²) in [7, 11) is 0.907. The first-order valence-electron chi connectivity index (χ1n) is 4.65. The summed E-state index contributed by atoms with van der Waals surface area (Å²) in [5.74, 6) is 0. The summed E-state index contributed by atoms with van der Waals surface area (Å²) < 4.78 is 0. The SMILES string of the molecule is CC(C)(C)[Si]c1ccc2c(c1)C=C2. The van der Waals surface area contributed by atoms with Gasteiger partial charge in [0.25, 0.3) is 0 Å². The highest BCUT2D eigenvalue weighted by molar-refractivity contribution is 6.56. The fourth-order valence-electron chi connectivity index (χ4n) is 1.46. The van der Waals surface area contributed by atoms with Crippen LogP contribution in [0.2, 0.25) is 5.04 Å². The first kappa shape index (κ1) is 8.76. The van der Waals surface area contributed by atoms with Crippen LogP contribution in [0.4, 0.5) is 0 Å². The lowest BCUT2D eigenvalue weighted by atomic mass is 9.98. The molecule has 0 spiro atoms. The van der Waals surface area contributed by atoms with Crippen LogP contribution in [-0.4, -0.2) is 9.52 Å². The zero-order valence-electron chi connectivity index (χ0n) is 8.39. The Morgan fingerprint density at radius 3 is 2.15 bits per heavy atom. The highest BCUT2D eigenvalue weighted by Gasteiger charge is 2.14. The van der Waals surface area contributed by atoms with Gasteiger partial charge in [0.05, 0.1) is 9.52 Å². The van der Waals surface area contributed by atoms with E-state index in [4.69, 9.17) is 0 Å². The summed E-state index contributed by atoms with van der Waals surface area (Å²) in [6.07, 6.45) is 4.35. The first-order chi connectivity index (χ1) is 6.04. The van der Waals surface area contributed by atoms with Crippen molar-refractivity contribution in [1.29, 1.82) is 0 Å². The Morgan fingerprint density at radius 2 is 1.69 bits per heavy atom. The van der Waals surface area contributed by atoms with Gasteiger partial charge in [0.1, 0.15) is 0 Å². The molecule has 13 heavy (non-hydrogen) atoms. The van der Waals surface area contributed by atoms with Crippen molar-refractivity contribution in [3.05, 3.63) is 29.3 Å². The highest BCUT2D eigenvalue weighted by atomic mass is 28.2. The molecule has 1 aliphatic rings. The van der Waals surface area contributed by atoms with Crippen LogP contribution in [0, 0.1) is 0 Å². The van der Waals surface area contributed by atoms with Crippen LogP contribution in [-0.2, 0) is 0 Å². The average molecular weight is 186 g/mol. The zero-order chi connectivity index (χ0) is 9.47. The van der Waals surface area contributed by atoms with Gasteiger partial charge < -0.3 is 0 Å². The molecule has 2 rings (SSSR count). The van der Waals surface area contributed by atoms with Gasteiger partial charge in [-0.3, -0.25) is 0 Å². The Hall–Kier alpha value is -0.823. The van der Waals surface area contributed by atoms with Gasteiger partial charge in [0, 0.05) is 0 Å². The molecule has 0 bridgehead atoms. The molecule has 0 fully saturated rings. The van der Waals surface area contributed by atoms with Gasteiger partial charge in [-0.2, -0.15) is 0 Å². The Balaban J connectivity index is 2.20. The Bertz CT molecular complexity index is 356. The van der Waals surface area contributed by atoms with E-state index in [1.807, 2.05) is 0 Å². The highest BCUT2D eigenvalue weighted by Crippen LogP contribution is 2.23. The molecule has 0 atom stereocenters. The number of rotatable bonds is 1. The van der Waals surface area contributed by atoms with Crippen LogP contribution in [0.1, 0.15) is 31.9 Å². The second-order valence-electron chi connectivity index (χ2n) is 4.55. The quantitative estimate of drug-likeness (QED) is 0.601. The monoisotopic (exact) mass is 186 g/mol. The molecule has 0 nitrogen and oxygen atoms in total. The van der Waals surface area contributed by atoms with Crippen molar-refractivity contribution in [3.63, 3.8) is 0 Å². The van der Waals surface area contributed by atoms with Crippen LogP contribution in [0.25, 0.3) is 12.2 Å². The van der Waals surface area contributed by atoms with Crippen LogP contribution in [0.3, 0.4) is 0 Å². The van der Waals surface area contributed by atoms with E-state index >= 15 is 0 Å². The number of hydrogen-bond acceptors (Lipinski definition) is 0. The van der Waals surface area contributed by atoms with E-state index < -0.39 is 0 Å². The maximum Gasteiger partial charge on any atom is 0.0868 e. The average Bonchev–Trinajstić information content (AvgIpc) is 1.92. The summed E-state index contributed by atoms with van der Waals surface area (Å²) in [4.78, 5) is 0. The van der Waals surface area contributed by atoms with Crippen molar-refractivity contribution in [2.45, 2.75) is 25.8 Å². The Kier molecular flexibility index (Phi) is 1.92. The largest absolute Gasteiger partial charge is 0.0868 e. The van der Waals surface area contributed by atoms with Gasteiger partial charge in [0.15, 0.2) is 0 Å². The van der Waals surface area contributed by atoms with Crippen LogP contribution < -0.4 is 5.19 Å². The van der Waals surface area contributed by atoms with E-state index in [2.05, 4.69) is 51.1 Å². The van der Waals surface area contributed by atoms with E-state index in [0.717, 1.165) is 9.52 Å². The molecule has 0 saturated carbocycles. The van der Waals surface area contributed by atoms with Crippen molar-refractivity contribution in [2.24, 2.45) is 0 Å². The lowest BCUT2D eigenvalue weighted by Crippen LogP contribution is -2.23. The summed E-state index contributed by atoms with van der Waals surface area (Å²) in [6.45, 7) is 6.88. The van der Waals surface area contributed by atoms with Gasteiger partial charge in [-0.25, -0.2) is 0 Å². The third kappa shape index (κ3) is 1.91. The number of hydrogen-bond donors (Lipinski definition) is 0. The molecule has 1 aliphatic carbocycles. The molecule has 0 N–H and O–H groups in total. The molecule has 1 aromatic rings. The normalized spacial score (nSPS) is 13.8. The lowest BCUT2D eigenvalue weighted by molar-refractivity contribution is 0.759. The van der Waals surface area contributed by atoms with E-state index in [9.17, 15) is 0 Å². The third-order valence-electron chi connectivity index (χ3n) is 2.05. The fourth-order valence-corrected chi connectivity index (χ4v) is 2.73. The molecule has 0 amide bonds. The molecule has 0 heterocycles. The van der Waals surface area contributed by atoms with Crippen molar-refractivity contribution < 1.29 is 0 Å². The predicted molar refractivity (Wildman–Crippen MR) is 60.5 cm³/mol. The summed E-state index contributed by atoms with van der Waals surface area (Å²) >= 11 is 0. The van der Waals surface area contributed by atoms with Gasteiger partial charge in [-0.05, 0) is 16.2 Å². The third-order valence-corrected chi connectivity index (χ3v) is 3.40. The van der Waals surface area contributed by atoms with Crippen molar-refractivity contribution in [1.82, 2.24) is 0 Å². The number of fused-ring (bicyclic) bond motifs is 1. The van der Waals surface area contributed by atoms with E-state index in [-0.39, 0.29) is 0 Å². The van der Waals surface area contributed by atoms with Gasteiger partial charge in [-0.15, -0.1) is 0 Å². The van der Waals surface area contributed by atoms with E-state index in [1.54, 1.807) is 0 Å². The topological polar surface area (TPSA) is 0 Å². The predicted octanol–water partition coefficient (Wildman–Crippen LogP) is 2.72. The molecular formula is C12H14Si. The second kappa shape index (κ2) is 2.84. The molecule has 0 unspecified atom stereocenters. The minimum Gasteiger partial charge on any atom is -0.0631 e. The zero-order valence-corrected chi connectivity index (χ0v) is 9.39. The summed E-state index contributed by atoms with van der Waals surface area (Å²) in [5.41, 5.74) is 2.80. The summed E-state index contributed by atoms with van der Waals surface area (Å²) in [5, 5.41) is 1.90. The molecule has 1 aromatic carbocycles. The van der Waals surface area contributed by atoms with Gasteiger partial charge in [0.2, 0.25) is 0 Å². The lowest BCUT2D eigenvalue weighted by Gasteiger charge is -2.18. The van der Waals surface area contributed by atoms with Crippen molar-refractivity contribution in [3.8, 4) is 0 Å². The Morgan fingerprint density at radius 1 is 1.00 bits per heavy atom. The molecular weight excluding hydrogens is 172 g/mol. The Labute approximate surface area is 82.5 Å². The maximum absolute atomic E-state index is 2.32. The minimum absolute atomic E-state index is 0.418. The van der Waals surface area contributed by atoms with Crippen molar-refractivity contribution in [2.75, 3.05) is 0 Å². The van der Waals surface area contributed by atoms with Crippen LogP contribution in [0.5, 0.6) is 0 Å². The van der Waals surface area contributed by atoms with Crippen LogP contribution in [0.15, 0.2) is 18.2 Å². The molecule has 0 saturated heterocycles. The number of benzene rings is 1. The minimum atomic E-state index is 0.418. The fraction of sp³-hybridized carbons (Fsp3) is 0.333. The molecule has 0 aliphatic heterocycles.